The van der Waals surface area contributed by atoms with Crippen LogP contribution in [0.5, 0.6) is 0 Å². The van der Waals surface area contributed by atoms with Crippen LogP contribution in [0, 0.1) is 5.92 Å². The summed E-state index contributed by atoms with van der Waals surface area (Å²) in [7, 11) is 0. The zero-order chi connectivity index (χ0) is 38.7. The number of carbonyl (C=O) groups excluding carboxylic acids is 7. The molecule has 0 radical (unpaired) electrons. The monoisotopic (exact) mass is 716 g/mol. The van der Waals surface area contributed by atoms with E-state index in [0.717, 1.165) is 0 Å². The van der Waals surface area contributed by atoms with Crippen molar-refractivity contribution in [2.75, 3.05) is 13.1 Å². The summed E-state index contributed by atoms with van der Waals surface area (Å²) in [6.07, 6.45) is 0.0451. The Balaban J connectivity index is 2.23. The third-order valence-electron chi connectivity index (χ3n) is 7.81. The Morgan fingerprint density at radius 1 is 0.922 bits per heavy atom. The van der Waals surface area contributed by atoms with Crippen LogP contribution in [0.2, 0.25) is 0 Å². The molecule has 0 aliphatic carbocycles. The number of nitrogens with two attached hydrogens (primary N) is 1. The normalized spacial score (nSPS) is 17.9. The highest BCUT2D eigenvalue weighted by Gasteiger charge is 2.45. The van der Waals surface area contributed by atoms with Crippen LogP contribution in [0.3, 0.4) is 0 Å². The van der Waals surface area contributed by atoms with Gasteiger partial charge in [-0.25, -0.2) is 4.79 Å². The van der Waals surface area contributed by atoms with Gasteiger partial charge in [0, 0.05) is 13.0 Å². The van der Waals surface area contributed by atoms with Gasteiger partial charge in [0.2, 0.25) is 29.4 Å². The van der Waals surface area contributed by atoms with E-state index in [4.69, 9.17) is 15.2 Å². The molecule has 2 rings (SSSR count). The van der Waals surface area contributed by atoms with Crippen LogP contribution in [0.25, 0.3) is 0 Å². The maximum atomic E-state index is 14.0. The number of amides is 6. The fourth-order valence-electron chi connectivity index (χ4n) is 5.53. The van der Waals surface area contributed by atoms with E-state index in [1.165, 1.54) is 4.90 Å². The fourth-order valence-corrected chi connectivity index (χ4v) is 5.53. The minimum Gasteiger partial charge on any atom is -0.444 e. The van der Waals surface area contributed by atoms with Gasteiger partial charge in [-0.15, -0.1) is 0 Å². The molecule has 6 N–H and O–H groups in total. The molecule has 15 nitrogen and oxygen atoms in total. The number of alkyl carbamates (subject to hydrolysis) is 1. The molecule has 0 bridgehead atoms. The summed E-state index contributed by atoms with van der Waals surface area (Å²) in [6, 6.07) is 3.76. The van der Waals surface area contributed by atoms with Crippen molar-refractivity contribution in [2.24, 2.45) is 11.7 Å². The lowest BCUT2D eigenvalue weighted by Gasteiger charge is -2.31. The molecule has 1 heterocycles. The van der Waals surface area contributed by atoms with Crippen molar-refractivity contribution in [1.82, 2.24) is 26.2 Å². The summed E-state index contributed by atoms with van der Waals surface area (Å²) in [4.78, 5) is 92.8. The number of carbonyl (C=O) groups is 7. The van der Waals surface area contributed by atoms with Crippen LogP contribution in [-0.2, 0) is 38.2 Å². The number of likely N-dealkylation sites (tertiary alicyclic amines) is 1. The van der Waals surface area contributed by atoms with Crippen molar-refractivity contribution in [3.8, 4) is 0 Å². The second-order valence-corrected chi connectivity index (χ2v) is 15.0. The van der Waals surface area contributed by atoms with Gasteiger partial charge in [0.15, 0.2) is 0 Å². The van der Waals surface area contributed by atoms with E-state index < -0.39 is 89.4 Å². The first-order valence-electron chi connectivity index (χ1n) is 17.4. The Morgan fingerprint density at radius 2 is 1.55 bits per heavy atom. The lowest BCUT2D eigenvalue weighted by atomic mass is 10.0. The minimum atomic E-state index is -1.26. The number of primary amides is 1. The van der Waals surface area contributed by atoms with Crippen molar-refractivity contribution in [1.29, 1.82) is 0 Å². The van der Waals surface area contributed by atoms with E-state index >= 15 is 0 Å². The molecule has 51 heavy (non-hydrogen) atoms. The van der Waals surface area contributed by atoms with Gasteiger partial charge in [-0.3, -0.25) is 28.8 Å². The topological polar surface area (TPSA) is 215 Å². The minimum absolute atomic E-state index is 0.0475. The first-order valence-corrected chi connectivity index (χ1v) is 17.4. The van der Waals surface area contributed by atoms with Gasteiger partial charge in [-0.2, -0.15) is 0 Å². The lowest BCUT2D eigenvalue weighted by Crippen LogP contribution is -2.57. The summed E-state index contributed by atoms with van der Waals surface area (Å²) in [6.45, 7) is 15.4. The molecule has 1 saturated heterocycles. The molecule has 1 aliphatic rings. The van der Waals surface area contributed by atoms with Crippen molar-refractivity contribution >= 4 is 41.4 Å². The largest absolute Gasteiger partial charge is 0.444 e. The maximum absolute atomic E-state index is 14.0. The molecule has 1 aromatic carbocycles. The van der Waals surface area contributed by atoms with E-state index in [9.17, 15) is 33.6 Å². The van der Waals surface area contributed by atoms with Gasteiger partial charge in [-0.1, -0.05) is 63.9 Å². The highest BCUT2D eigenvalue weighted by molar-refractivity contribution is 6.38. The molecule has 0 saturated carbocycles. The van der Waals surface area contributed by atoms with Gasteiger partial charge in [0.05, 0.1) is 24.3 Å². The molecule has 0 spiro atoms. The molecule has 6 amide bonds. The highest BCUT2D eigenvalue weighted by Crippen LogP contribution is 2.27. The van der Waals surface area contributed by atoms with Crippen molar-refractivity contribution in [2.45, 2.75) is 129 Å². The second-order valence-electron chi connectivity index (χ2n) is 15.0. The molecule has 15 heteroatoms. The van der Waals surface area contributed by atoms with Crippen LogP contribution in [0.4, 0.5) is 4.79 Å². The number of nitrogens with one attached hydrogen (secondary N) is 4. The standard InChI is InChI=1S/C36H56N6O9/c1-10-11-17-24(29(44)32(47)38-19-26(43)40-28(30(37)45)22-15-13-12-14-16-22)39-31(46)25-18-23(50-35(4,5)6)20-42(25)33(48)27(21(2)3)41-34(49)51-36(7,8)9/h12-16,21,23-25,27-28H,10-11,17-20H2,1-9H3,(H2,37,45)(H,38,47)(H,39,46)(H,40,43)(H,41,49). The van der Waals surface area contributed by atoms with E-state index in [-0.39, 0.29) is 25.3 Å². The Bertz CT molecular complexity index is 1400. The van der Waals surface area contributed by atoms with Crippen LogP contribution in [0.15, 0.2) is 30.3 Å². The average molecular weight is 717 g/mol. The van der Waals surface area contributed by atoms with Gasteiger partial charge < -0.3 is 41.4 Å². The number of ether oxygens (including phenoxy) is 2. The molecule has 0 aromatic heterocycles. The zero-order valence-electron chi connectivity index (χ0n) is 31.3. The Labute approximate surface area is 300 Å². The Hall–Kier alpha value is -4.53. The summed E-state index contributed by atoms with van der Waals surface area (Å²) in [5.74, 6) is -5.24. The van der Waals surface area contributed by atoms with Gasteiger partial charge in [-0.05, 0) is 59.4 Å². The predicted molar refractivity (Wildman–Crippen MR) is 189 cm³/mol. The summed E-state index contributed by atoms with van der Waals surface area (Å²) in [5.41, 5.74) is 4.49. The first kappa shape index (κ1) is 42.6. The molecular weight excluding hydrogens is 660 g/mol. The molecule has 1 aliphatic heterocycles. The van der Waals surface area contributed by atoms with E-state index in [2.05, 4.69) is 21.3 Å². The van der Waals surface area contributed by atoms with E-state index in [0.29, 0.717) is 18.4 Å². The molecule has 1 fully saturated rings. The summed E-state index contributed by atoms with van der Waals surface area (Å²) in [5, 5.41) is 10.0. The van der Waals surface area contributed by atoms with E-state index in [1.807, 2.05) is 27.7 Å². The first-order chi connectivity index (χ1) is 23.6. The number of rotatable bonds is 16. The number of ketones is 1. The molecule has 5 atom stereocenters. The average Bonchev–Trinajstić information content (AvgIpc) is 3.44. The fraction of sp³-hybridized carbons (Fsp3) is 0.639. The van der Waals surface area contributed by atoms with Crippen LogP contribution in [0.1, 0.15) is 99.6 Å². The predicted octanol–water partition coefficient (Wildman–Crippen LogP) is 2.02. The van der Waals surface area contributed by atoms with Crippen molar-refractivity contribution < 1.29 is 43.0 Å². The summed E-state index contributed by atoms with van der Waals surface area (Å²) < 4.78 is 11.5. The van der Waals surface area contributed by atoms with E-state index in [1.54, 1.807) is 65.0 Å². The van der Waals surface area contributed by atoms with Crippen LogP contribution in [-0.4, -0.2) is 94.8 Å². The van der Waals surface area contributed by atoms with Crippen LogP contribution >= 0.6 is 0 Å². The molecule has 1 aromatic rings. The van der Waals surface area contributed by atoms with Crippen molar-refractivity contribution in [3.63, 3.8) is 0 Å². The number of Topliss-reactive ketones (excluding diaryl/α,β-unsaturated/α-hetero) is 1. The number of hydrogen-bond acceptors (Lipinski definition) is 9. The second kappa shape index (κ2) is 18.6. The SMILES string of the molecule is CCCCC(NC(=O)C1CC(OC(C)(C)C)CN1C(=O)C(NC(=O)OC(C)(C)C)C(C)C)C(=O)C(=O)NCC(=O)NC(C(N)=O)c1ccccc1. The molecular formula is C36H56N6O9. The van der Waals surface area contributed by atoms with Gasteiger partial charge in [0.1, 0.15) is 23.7 Å². The lowest BCUT2D eigenvalue weighted by molar-refractivity contribution is -0.143. The van der Waals surface area contributed by atoms with Crippen molar-refractivity contribution in [3.05, 3.63) is 35.9 Å². The smallest absolute Gasteiger partial charge is 0.408 e. The highest BCUT2D eigenvalue weighted by atomic mass is 16.6. The third-order valence-corrected chi connectivity index (χ3v) is 7.81. The Kier molecular flexibility index (Phi) is 15.6. The zero-order valence-corrected chi connectivity index (χ0v) is 31.3. The molecule has 5 unspecified atom stereocenters. The quantitative estimate of drug-likeness (QED) is 0.158. The summed E-state index contributed by atoms with van der Waals surface area (Å²) >= 11 is 0. The third kappa shape index (κ3) is 14.0. The Morgan fingerprint density at radius 3 is 2.08 bits per heavy atom. The van der Waals surface area contributed by atoms with Gasteiger partial charge in [0.25, 0.3) is 5.91 Å². The van der Waals surface area contributed by atoms with Gasteiger partial charge >= 0.3 is 6.09 Å². The van der Waals surface area contributed by atoms with Crippen LogP contribution < -0.4 is 27.0 Å². The molecule has 284 valence electrons. The number of nitrogens with zero attached hydrogens (tertiary/aromatic N) is 1. The number of hydrogen-bond donors (Lipinski definition) is 5. The number of benzene rings is 1. The maximum Gasteiger partial charge on any atom is 0.408 e. The number of unbranched alkanes of at least 4 members (excludes halogenated alkanes) is 1.